The van der Waals surface area contributed by atoms with Gasteiger partial charge in [0, 0.05) is 36.8 Å². The van der Waals surface area contributed by atoms with Gasteiger partial charge in [-0.25, -0.2) is 9.37 Å². The Morgan fingerprint density at radius 3 is 2.31 bits per heavy atom. The second kappa shape index (κ2) is 8.61. The number of halogens is 2. The van der Waals surface area contributed by atoms with Crippen molar-refractivity contribution in [2.45, 2.75) is 0 Å². The highest BCUT2D eigenvalue weighted by molar-refractivity contribution is 6.31. The molecule has 0 bridgehead atoms. The minimum absolute atomic E-state index is 0.205. The molecule has 1 aliphatic heterocycles. The standard InChI is InChI=1S/C28H21ClFN5/c29-20-10-11-24-26(16-20)35-27(34-14-12-33(13-15-34)25-9-5-4-8-23(25)30)17-21(19-6-2-1-3-7-19)22(18-31)28(35)32-24/h1-11,16-17H,12-15H2. The molecule has 5 aromatic rings. The summed E-state index contributed by atoms with van der Waals surface area (Å²) >= 11 is 6.35. The molecule has 1 saturated heterocycles. The summed E-state index contributed by atoms with van der Waals surface area (Å²) in [5.41, 5.74) is 5.20. The number of hydrogen-bond donors (Lipinski definition) is 0. The van der Waals surface area contributed by atoms with E-state index in [1.807, 2.05) is 65.1 Å². The van der Waals surface area contributed by atoms with Crippen LogP contribution in [0.2, 0.25) is 5.02 Å². The second-order valence-electron chi connectivity index (χ2n) is 8.60. The van der Waals surface area contributed by atoms with Crippen molar-refractivity contribution in [1.82, 2.24) is 9.38 Å². The highest BCUT2D eigenvalue weighted by Gasteiger charge is 2.25. The maximum absolute atomic E-state index is 14.4. The Labute approximate surface area is 207 Å². The fraction of sp³-hybridized carbons (Fsp3) is 0.143. The molecule has 6 rings (SSSR count). The summed E-state index contributed by atoms with van der Waals surface area (Å²) in [6, 6.07) is 26.9. The van der Waals surface area contributed by atoms with E-state index in [-0.39, 0.29) is 5.82 Å². The normalized spacial score (nSPS) is 14.0. The monoisotopic (exact) mass is 481 g/mol. The fourth-order valence-electron chi connectivity index (χ4n) is 4.91. The topological polar surface area (TPSA) is 47.6 Å². The predicted octanol–water partition coefficient (Wildman–Crippen LogP) is 6.15. The maximum atomic E-state index is 14.4. The van der Waals surface area contributed by atoms with Gasteiger partial charge in [0.15, 0.2) is 5.65 Å². The quantitative estimate of drug-likeness (QED) is 0.310. The zero-order valence-corrected chi connectivity index (χ0v) is 19.6. The van der Waals surface area contributed by atoms with Gasteiger partial charge < -0.3 is 9.80 Å². The molecule has 3 aromatic carbocycles. The highest BCUT2D eigenvalue weighted by Crippen LogP contribution is 2.35. The Bertz CT molecular complexity index is 1600. The van der Waals surface area contributed by atoms with Crippen LogP contribution >= 0.6 is 11.6 Å². The van der Waals surface area contributed by atoms with E-state index >= 15 is 0 Å². The smallest absolute Gasteiger partial charge is 0.158 e. The van der Waals surface area contributed by atoms with Crippen LogP contribution in [0.1, 0.15) is 5.56 Å². The molecule has 5 nitrogen and oxygen atoms in total. The molecule has 0 saturated carbocycles. The van der Waals surface area contributed by atoms with Gasteiger partial charge in [-0.05, 0) is 42.0 Å². The number of nitriles is 1. The number of fused-ring (bicyclic) bond motifs is 3. The van der Waals surface area contributed by atoms with Gasteiger partial charge in [-0.1, -0.05) is 54.1 Å². The van der Waals surface area contributed by atoms with Crippen LogP contribution in [0.15, 0.2) is 78.9 Å². The van der Waals surface area contributed by atoms with Crippen LogP contribution in [0, 0.1) is 17.1 Å². The number of nitrogens with zero attached hydrogens (tertiary/aromatic N) is 5. The molecule has 3 heterocycles. The number of piperazine rings is 1. The van der Waals surface area contributed by atoms with Crippen molar-refractivity contribution < 1.29 is 4.39 Å². The molecular weight excluding hydrogens is 461 g/mol. The van der Waals surface area contributed by atoms with Crippen molar-refractivity contribution in [1.29, 1.82) is 5.26 Å². The SMILES string of the molecule is N#Cc1c(-c2ccccc2)cc(N2CCN(c3ccccc3F)CC2)n2c1nc1ccc(Cl)cc12. The molecule has 35 heavy (non-hydrogen) atoms. The molecule has 0 atom stereocenters. The van der Waals surface area contributed by atoms with Gasteiger partial charge >= 0.3 is 0 Å². The number of anilines is 2. The first-order chi connectivity index (χ1) is 17.1. The molecular formula is C28H21ClFN5. The maximum Gasteiger partial charge on any atom is 0.158 e. The molecule has 0 unspecified atom stereocenters. The lowest BCUT2D eigenvalue weighted by molar-refractivity contribution is 0.596. The second-order valence-corrected chi connectivity index (χ2v) is 9.03. The van der Waals surface area contributed by atoms with E-state index in [4.69, 9.17) is 16.6 Å². The number of imidazole rings is 1. The fourth-order valence-corrected chi connectivity index (χ4v) is 5.07. The first kappa shape index (κ1) is 21.5. The van der Waals surface area contributed by atoms with E-state index in [1.54, 1.807) is 6.07 Å². The van der Waals surface area contributed by atoms with E-state index in [9.17, 15) is 9.65 Å². The Kier molecular flexibility index (Phi) is 5.28. The van der Waals surface area contributed by atoms with Crippen LogP contribution in [0.25, 0.3) is 27.8 Å². The Morgan fingerprint density at radius 1 is 0.857 bits per heavy atom. The number of rotatable bonds is 3. The van der Waals surface area contributed by atoms with Crippen LogP contribution in [-0.2, 0) is 0 Å². The minimum Gasteiger partial charge on any atom is -0.366 e. The van der Waals surface area contributed by atoms with Crippen molar-refractivity contribution in [2.75, 3.05) is 36.0 Å². The number of hydrogen-bond acceptors (Lipinski definition) is 4. The third-order valence-electron chi connectivity index (χ3n) is 6.61. The Hall–Kier alpha value is -4.08. The zero-order chi connectivity index (χ0) is 23.9. The van der Waals surface area contributed by atoms with E-state index in [1.165, 1.54) is 6.07 Å². The van der Waals surface area contributed by atoms with Crippen LogP contribution in [0.4, 0.5) is 15.9 Å². The highest BCUT2D eigenvalue weighted by atomic mass is 35.5. The lowest BCUT2D eigenvalue weighted by Crippen LogP contribution is -2.47. The van der Waals surface area contributed by atoms with E-state index in [2.05, 4.69) is 21.9 Å². The summed E-state index contributed by atoms with van der Waals surface area (Å²) in [4.78, 5) is 9.19. The van der Waals surface area contributed by atoms with Crippen molar-refractivity contribution in [3.05, 3.63) is 95.3 Å². The average Bonchev–Trinajstić information content (AvgIpc) is 3.27. The predicted molar refractivity (Wildman–Crippen MR) is 139 cm³/mol. The molecule has 0 aliphatic carbocycles. The summed E-state index contributed by atoms with van der Waals surface area (Å²) < 4.78 is 16.4. The van der Waals surface area contributed by atoms with Gasteiger partial charge in [-0.15, -0.1) is 0 Å². The Morgan fingerprint density at radius 2 is 1.57 bits per heavy atom. The van der Waals surface area contributed by atoms with Crippen molar-refractivity contribution >= 4 is 39.8 Å². The number of pyridine rings is 1. The molecule has 0 amide bonds. The van der Waals surface area contributed by atoms with E-state index in [0.717, 1.165) is 28.0 Å². The van der Waals surface area contributed by atoms with Crippen LogP contribution in [0.3, 0.4) is 0 Å². The average molecular weight is 482 g/mol. The van der Waals surface area contributed by atoms with Gasteiger partial charge in [0.05, 0.1) is 16.7 Å². The van der Waals surface area contributed by atoms with Crippen LogP contribution in [-0.4, -0.2) is 35.6 Å². The lowest BCUT2D eigenvalue weighted by Gasteiger charge is -2.38. The first-order valence-electron chi connectivity index (χ1n) is 11.5. The van der Waals surface area contributed by atoms with Crippen molar-refractivity contribution in [3.8, 4) is 17.2 Å². The summed E-state index contributed by atoms with van der Waals surface area (Å²) in [6.45, 7) is 2.75. The number of para-hydroxylation sites is 1. The molecule has 7 heteroatoms. The summed E-state index contributed by atoms with van der Waals surface area (Å²) in [6.07, 6.45) is 0. The third-order valence-corrected chi connectivity index (χ3v) is 6.84. The molecule has 0 N–H and O–H groups in total. The molecule has 0 radical (unpaired) electrons. The van der Waals surface area contributed by atoms with Crippen molar-refractivity contribution in [2.24, 2.45) is 0 Å². The molecule has 1 fully saturated rings. The molecule has 1 aliphatic rings. The van der Waals surface area contributed by atoms with Gasteiger partial charge in [-0.2, -0.15) is 5.26 Å². The Balaban J connectivity index is 1.51. The number of aromatic nitrogens is 2. The zero-order valence-electron chi connectivity index (χ0n) is 18.8. The minimum atomic E-state index is -0.205. The molecule has 172 valence electrons. The van der Waals surface area contributed by atoms with Gasteiger partial charge in [0.1, 0.15) is 23.3 Å². The van der Waals surface area contributed by atoms with E-state index in [0.29, 0.717) is 48.1 Å². The van der Waals surface area contributed by atoms with Crippen LogP contribution < -0.4 is 9.80 Å². The summed E-state index contributed by atoms with van der Waals surface area (Å²) in [5.74, 6) is 0.735. The lowest BCUT2D eigenvalue weighted by atomic mass is 10.0. The third kappa shape index (κ3) is 3.65. The van der Waals surface area contributed by atoms with E-state index < -0.39 is 0 Å². The van der Waals surface area contributed by atoms with Gasteiger partial charge in [-0.3, -0.25) is 4.40 Å². The molecule has 2 aromatic heterocycles. The number of benzene rings is 3. The summed E-state index contributed by atoms with van der Waals surface area (Å²) in [5, 5.41) is 10.8. The van der Waals surface area contributed by atoms with Crippen LogP contribution in [0.5, 0.6) is 0 Å². The largest absolute Gasteiger partial charge is 0.366 e. The van der Waals surface area contributed by atoms with Gasteiger partial charge in [0.2, 0.25) is 0 Å². The first-order valence-corrected chi connectivity index (χ1v) is 11.9. The summed E-state index contributed by atoms with van der Waals surface area (Å²) in [7, 11) is 0. The van der Waals surface area contributed by atoms with Crippen molar-refractivity contribution in [3.63, 3.8) is 0 Å². The molecule has 0 spiro atoms. The van der Waals surface area contributed by atoms with Gasteiger partial charge in [0.25, 0.3) is 0 Å².